The number of fused-ring (bicyclic) bond motifs is 1. The first-order valence-corrected chi connectivity index (χ1v) is 5.36. The molecular weight excluding hydrogens is 281 g/mol. The number of rotatable bonds is 1. The molecule has 2 rings (SSSR count). The molecule has 0 saturated carbocycles. The van der Waals surface area contributed by atoms with Crippen molar-refractivity contribution in [3.8, 4) is 0 Å². The van der Waals surface area contributed by atoms with E-state index in [-0.39, 0.29) is 5.69 Å². The molecule has 0 atom stereocenters. The van der Waals surface area contributed by atoms with Crippen molar-refractivity contribution in [2.75, 3.05) is 0 Å². The summed E-state index contributed by atoms with van der Waals surface area (Å²) in [6, 6.07) is 5.28. The van der Waals surface area contributed by atoms with Gasteiger partial charge in [-0.05, 0) is 28.1 Å². The number of hydrogen-bond acceptors (Lipinski definition) is 1. The number of carboxylic acid groups (broad SMARTS) is 1. The number of nitrogens with zero attached hydrogens (tertiary/aromatic N) is 1. The Bertz CT molecular complexity index is 562. The smallest absolute Gasteiger partial charge is 0.353 e. The molecule has 0 saturated heterocycles. The zero-order chi connectivity index (χ0) is 11.2. The van der Waals surface area contributed by atoms with Gasteiger partial charge < -0.3 is 9.67 Å². The minimum Gasteiger partial charge on any atom is -0.477 e. The van der Waals surface area contributed by atoms with E-state index in [1.807, 2.05) is 0 Å². The number of carbonyl (C=O) groups is 1. The highest BCUT2D eigenvalue weighted by Crippen LogP contribution is 2.31. The number of aromatic carboxylic acids is 1. The van der Waals surface area contributed by atoms with Crippen LogP contribution < -0.4 is 0 Å². The highest BCUT2D eigenvalue weighted by molar-refractivity contribution is 9.10. The summed E-state index contributed by atoms with van der Waals surface area (Å²) in [7, 11) is 1.70. The van der Waals surface area contributed by atoms with Gasteiger partial charge in [0.25, 0.3) is 0 Å². The highest BCUT2D eigenvalue weighted by atomic mass is 79.9. The molecule has 0 bridgehead atoms. The average molecular weight is 289 g/mol. The first-order valence-electron chi connectivity index (χ1n) is 4.19. The van der Waals surface area contributed by atoms with E-state index in [1.165, 1.54) is 0 Å². The maximum atomic E-state index is 11.0. The zero-order valence-corrected chi connectivity index (χ0v) is 10.1. The van der Waals surface area contributed by atoms with Crippen LogP contribution in [0.1, 0.15) is 10.5 Å². The van der Waals surface area contributed by atoms with Gasteiger partial charge in [0, 0.05) is 17.5 Å². The van der Waals surface area contributed by atoms with E-state index < -0.39 is 5.97 Å². The van der Waals surface area contributed by atoms with Crippen molar-refractivity contribution < 1.29 is 9.90 Å². The Morgan fingerprint density at radius 3 is 2.80 bits per heavy atom. The van der Waals surface area contributed by atoms with Crippen LogP contribution in [0.3, 0.4) is 0 Å². The normalized spacial score (nSPS) is 10.9. The van der Waals surface area contributed by atoms with Crippen LogP contribution in [-0.4, -0.2) is 15.6 Å². The molecule has 3 nitrogen and oxygen atoms in total. The summed E-state index contributed by atoms with van der Waals surface area (Å²) in [5.41, 5.74) is 1.03. The zero-order valence-electron chi connectivity index (χ0n) is 7.79. The maximum absolute atomic E-state index is 11.0. The third-order valence-corrected chi connectivity index (χ3v) is 3.34. The molecule has 0 radical (unpaired) electrons. The molecule has 15 heavy (non-hydrogen) atoms. The van der Waals surface area contributed by atoms with E-state index in [0.29, 0.717) is 9.50 Å². The van der Waals surface area contributed by atoms with E-state index >= 15 is 0 Å². The second-order valence-electron chi connectivity index (χ2n) is 3.19. The van der Waals surface area contributed by atoms with Gasteiger partial charge in [0.05, 0.1) is 9.99 Å². The number of aryl methyl sites for hydroxylation is 1. The quantitative estimate of drug-likeness (QED) is 0.875. The Balaban J connectivity index is 2.91. The standard InChI is InChI=1S/C10H7BrClNO2/c1-13-7-4-5(12)2-3-6(7)8(11)9(13)10(14)15/h2-4H,1H3,(H,14,15). The van der Waals surface area contributed by atoms with Crippen molar-refractivity contribution in [1.29, 1.82) is 0 Å². The molecule has 0 amide bonds. The molecule has 1 heterocycles. The predicted octanol–water partition coefficient (Wildman–Crippen LogP) is 3.29. The van der Waals surface area contributed by atoms with Gasteiger partial charge in [-0.15, -0.1) is 0 Å². The second kappa shape index (κ2) is 3.54. The van der Waals surface area contributed by atoms with Crippen LogP contribution in [0.15, 0.2) is 22.7 Å². The minimum absolute atomic E-state index is 0.229. The maximum Gasteiger partial charge on any atom is 0.353 e. The minimum atomic E-state index is -0.961. The molecule has 78 valence electrons. The summed E-state index contributed by atoms with van der Waals surface area (Å²) < 4.78 is 2.19. The van der Waals surface area contributed by atoms with Crippen molar-refractivity contribution in [2.45, 2.75) is 0 Å². The lowest BCUT2D eigenvalue weighted by atomic mass is 10.2. The molecule has 0 aliphatic rings. The molecule has 0 aliphatic heterocycles. The Morgan fingerprint density at radius 2 is 2.20 bits per heavy atom. The average Bonchev–Trinajstić information content (AvgIpc) is 2.39. The molecular formula is C10H7BrClNO2. The Morgan fingerprint density at radius 1 is 1.53 bits per heavy atom. The van der Waals surface area contributed by atoms with E-state index in [2.05, 4.69) is 15.9 Å². The fourth-order valence-electron chi connectivity index (χ4n) is 1.60. The van der Waals surface area contributed by atoms with E-state index in [9.17, 15) is 4.79 Å². The number of aromatic nitrogens is 1. The van der Waals surface area contributed by atoms with Crippen molar-refractivity contribution in [1.82, 2.24) is 4.57 Å². The van der Waals surface area contributed by atoms with Crippen molar-refractivity contribution in [3.05, 3.63) is 33.4 Å². The van der Waals surface area contributed by atoms with Crippen LogP contribution in [0.25, 0.3) is 10.9 Å². The largest absolute Gasteiger partial charge is 0.477 e. The fraction of sp³-hybridized carbons (Fsp3) is 0.100. The van der Waals surface area contributed by atoms with E-state index in [1.54, 1.807) is 29.8 Å². The number of hydrogen-bond donors (Lipinski definition) is 1. The second-order valence-corrected chi connectivity index (χ2v) is 4.42. The van der Waals surface area contributed by atoms with Crippen molar-refractivity contribution in [3.63, 3.8) is 0 Å². The molecule has 0 spiro atoms. The fourth-order valence-corrected chi connectivity index (χ4v) is 2.54. The number of halogens is 2. The molecule has 5 heteroatoms. The summed E-state index contributed by atoms with van der Waals surface area (Å²) in [5.74, 6) is -0.961. The lowest BCUT2D eigenvalue weighted by molar-refractivity contribution is 0.0686. The van der Waals surface area contributed by atoms with Gasteiger partial charge in [-0.25, -0.2) is 4.79 Å². The molecule has 0 unspecified atom stereocenters. The lowest BCUT2D eigenvalue weighted by Gasteiger charge is -1.98. The first-order chi connectivity index (χ1) is 7.02. The van der Waals surface area contributed by atoms with Gasteiger partial charge in [-0.3, -0.25) is 0 Å². The predicted molar refractivity (Wildman–Crippen MR) is 62.6 cm³/mol. The van der Waals surface area contributed by atoms with Crippen LogP contribution in [0.2, 0.25) is 5.02 Å². The molecule has 2 aromatic rings. The van der Waals surface area contributed by atoms with Crippen LogP contribution in [0.4, 0.5) is 0 Å². The van der Waals surface area contributed by atoms with E-state index in [0.717, 1.165) is 10.9 Å². The van der Waals surface area contributed by atoms with Crippen molar-refractivity contribution >= 4 is 44.4 Å². The topological polar surface area (TPSA) is 42.2 Å². The Labute approximate surface area is 99.4 Å². The van der Waals surface area contributed by atoms with Crippen LogP contribution >= 0.6 is 27.5 Å². The van der Waals surface area contributed by atoms with Crippen LogP contribution in [0, 0.1) is 0 Å². The van der Waals surface area contributed by atoms with Crippen LogP contribution in [-0.2, 0) is 7.05 Å². The van der Waals surface area contributed by atoms with Crippen molar-refractivity contribution in [2.24, 2.45) is 7.05 Å². The van der Waals surface area contributed by atoms with Gasteiger partial charge >= 0.3 is 5.97 Å². The number of carboxylic acids is 1. The summed E-state index contributed by atoms with van der Waals surface area (Å²) in [6.07, 6.45) is 0. The van der Waals surface area contributed by atoms with Crippen LogP contribution in [0.5, 0.6) is 0 Å². The summed E-state index contributed by atoms with van der Waals surface area (Å²) in [4.78, 5) is 11.0. The van der Waals surface area contributed by atoms with E-state index in [4.69, 9.17) is 16.7 Å². The molecule has 1 aromatic carbocycles. The molecule has 1 N–H and O–H groups in total. The monoisotopic (exact) mass is 287 g/mol. The molecule has 0 fully saturated rings. The summed E-state index contributed by atoms with van der Waals surface area (Å²) in [6.45, 7) is 0. The van der Waals surface area contributed by atoms with Gasteiger partial charge in [0.15, 0.2) is 0 Å². The number of benzene rings is 1. The van der Waals surface area contributed by atoms with Gasteiger partial charge in [0.2, 0.25) is 0 Å². The lowest BCUT2D eigenvalue weighted by Crippen LogP contribution is -2.04. The highest BCUT2D eigenvalue weighted by Gasteiger charge is 2.18. The summed E-state index contributed by atoms with van der Waals surface area (Å²) in [5, 5.41) is 10.5. The summed E-state index contributed by atoms with van der Waals surface area (Å²) >= 11 is 9.14. The third kappa shape index (κ3) is 1.54. The molecule has 0 aliphatic carbocycles. The third-order valence-electron chi connectivity index (χ3n) is 2.30. The van der Waals surface area contributed by atoms with Gasteiger partial charge in [-0.1, -0.05) is 17.7 Å². The van der Waals surface area contributed by atoms with Gasteiger partial charge in [-0.2, -0.15) is 0 Å². The van der Waals surface area contributed by atoms with Gasteiger partial charge in [0.1, 0.15) is 5.69 Å². The SMILES string of the molecule is Cn1c(C(=O)O)c(Br)c2ccc(Cl)cc21. The molecule has 1 aromatic heterocycles. The Kier molecular flexibility index (Phi) is 2.48. The first kappa shape index (κ1) is 10.5. The Hall–Kier alpha value is -1.00.